The monoisotopic (exact) mass is 521 g/mol. The van der Waals surface area contributed by atoms with E-state index in [1.807, 2.05) is 76.2 Å². The van der Waals surface area contributed by atoms with Gasteiger partial charge in [-0.25, -0.2) is 4.79 Å². The van der Waals surface area contributed by atoms with E-state index in [-0.39, 0.29) is 30.3 Å². The highest BCUT2D eigenvalue weighted by Crippen LogP contribution is 2.35. The van der Waals surface area contributed by atoms with E-state index in [1.54, 1.807) is 25.7 Å². The topological polar surface area (TPSA) is 87.7 Å². The van der Waals surface area contributed by atoms with Gasteiger partial charge in [0.2, 0.25) is 11.8 Å². The molecule has 38 heavy (non-hydrogen) atoms. The molecule has 2 aromatic rings. The Morgan fingerprint density at radius 3 is 2.21 bits per heavy atom. The molecule has 0 saturated heterocycles. The number of hydrogen-bond acceptors (Lipinski definition) is 4. The summed E-state index contributed by atoms with van der Waals surface area (Å²) >= 11 is 0. The van der Waals surface area contributed by atoms with Crippen molar-refractivity contribution >= 4 is 17.9 Å². The van der Waals surface area contributed by atoms with Crippen LogP contribution in [-0.4, -0.2) is 46.5 Å². The van der Waals surface area contributed by atoms with E-state index < -0.39 is 23.8 Å². The van der Waals surface area contributed by atoms with Gasteiger partial charge in [0.15, 0.2) is 0 Å². The highest BCUT2D eigenvalue weighted by molar-refractivity contribution is 5.93. The quantitative estimate of drug-likeness (QED) is 0.463. The smallest absolute Gasteiger partial charge is 0.408 e. The van der Waals surface area contributed by atoms with Crippen molar-refractivity contribution in [1.29, 1.82) is 0 Å². The fourth-order valence-electron chi connectivity index (χ4n) is 4.70. The Labute approximate surface area is 227 Å². The maximum absolute atomic E-state index is 14.5. The van der Waals surface area contributed by atoms with Gasteiger partial charge in [-0.05, 0) is 84.4 Å². The maximum Gasteiger partial charge on any atom is 0.408 e. The Morgan fingerprint density at radius 1 is 1.00 bits per heavy atom. The predicted molar refractivity (Wildman–Crippen MR) is 150 cm³/mol. The minimum atomic E-state index is -0.896. The molecule has 1 saturated carbocycles. The van der Waals surface area contributed by atoms with Crippen molar-refractivity contribution in [2.75, 3.05) is 0 Å². The summed E-state index contributed by atoms with van der Waals surface area (Å²) in [6.45, 7) is 13.1. The molecule has 2 aromatic carbocycles. The van der Waals surface area contributed by atoms with E-state index in [2.05, 4.69) is 10.6 Å². The molecule has 0 aromatic heterocycles. The third kappa shape index (κ3) is 7.83. The summed E-state index contributed by atoms with van der Waals surface area (Å²) in [7, 11) is 0. The molecule has 3 rings (SSSR count). The van der Waals surface area contributed by atoms with E-state index in [4.69, 9.17) is 4.74 Å². The van der Waals surface area contributed by atoms with Crippen LogP contribution >= 0.6 is 0 Å². The number of nitrogens with zero attached hydrogens (tertiary/aromatic N) is 1. The second-order valence-electron chi connectivity index (χ2n) is 11.6. The molecule has 1 aliphatic rings. The van der Waals surface area contributed by atoms with Gasteiger partial charge in [-0.15, -0.1) is 0 Å². The Morgan fingerprint density at radius 2 is 1.66 bits per heavy atom. The second-order valence-corrected chi connectivity index (χ2v) is 11.6. The molecule has 2 atom stereocenters. The van der Waals surface area contributed by atoms with Crippen molar-refractivity contribution in [2.24, 2.45) is 0 Å². The number of nitrogens with one attached hydrogen (secondary N) is 2. The average molecular weight is 522 g/mol. The molecule has 0 heterocycles. The Hall–Kier alpha value is -3.35. The first-order valence-electron chi connectivity index (χ1n) is 13.6. The molecule has 0 aliphatic heterocycles. The zero-order chi connectivity index (χ0) is 28.0. The van der Waals surface area contributed by atoms with Gasteiger partial charge in [0.25, 0.3) is 0 Å². The van der Waals surface area contributed by atoms with Gasteiger partial charge in [-0.2, -0.15) is 0 Å². The van der Waals surface area contributed by atoms with Crippen LogP contribution in [0.1, 0.15) is 82.2 Å². The summed E-state index contributed by atoms with van der Waals surface area (Å²) < 4.78 is 5.52. The zero-order valence-corrected chi connectivity index (χ0v) is 23.8. The summed E-state index contributed by atoms with van der Waals surface area (Å²) in [5, 5.41) is 5.88. The average Bonchev–Trinajstić information content (AvgIpc) is 2.77. The van der Waals surface area contributed by atoms with Gasteiger partial charge in [0, 0.05) is 18.5 Å². The van der Waals surface area contributed by atoms with Gasteiger partial charge in [0.05, 0.1) is 0 Å². The normalized spacial score (nSPS) is 15.3. The van der Waals surface area contributed by atoms with Crippen LogP contribution in [0.15, 0.2) is 48.5 Å². The van der Waals surface area contributed by atoms with Gasteiger partial charge in [-0.3, -0.25) is 9.59 Å². The molecule has 1 fully saturated rings. The van der Waals surface area contributed by atoms with E-state index in [0.29, 0.717) is 0 Å². The number of carbonyl (C=O) groups excluding carboxylic acids is 3. The van der Waals surface area contributed by atoms with E-state index in [0.717, 1.165) is 41.5 Å². The molecular formula is C31H43N3O4. The predicted octanol–water partition coefficient (Wildman–Crippen LogP) is 5.39. The molecule has 7 nitrogen and oxygen atoms in total. The van der Waals surface area contributed by atoms with E-state index >= 15 is 0 Å². The summed E-state index contributed by atoms with van der Waals surface area (Å²) in [4.78, 5) is 42.8. The fraction of sp³-hybridized carbons (Fsp3) is 0.516. The molecule has 0 radical (unpaired) electrons. The molecule has 1 aliphatic carbocycles. The molecule has 3 amide bonds. The van der Waals surface area contributed by atoms with E-state index in [1.165, 1.54) is 0 Å². The third-order valence-electron chi connectivity index (χ3n) is 6.68. The van der Waals surface area contributed by atoms with Gasteiger partial charge in [0.1, 0.15) is 17.7 Å². The molecule has 0 bridgehead atoms. The van der Waals surface area contributed by atoms with E-state index in [9.17, 15) is 14.4 Å². The zero-order valence-electron chi connectivity index (χ0n) is 23.8. The van der Waals surface area contributed by atoms with Crippen LogP contribution in [-0.2, 0) is 20.7 Å². The number of alkyl carbamates (subject to hydrolysis) is 1. The minimum absolute atomic E-state index is 0.0894. The number of aryl methyl sites for hydroxylation is 2. The number of benzene rings is 2. The summed E-state index contributed by atoms with van der Waals surface area (Å²) in [5.41, 5.74) is 2.96. The molecule has 7 heteroatoms. The first-order chi connectivity index (χ1) is 17.9. The lowest BCUT2D eigenvalue weighted by Crippen LogP contribution is -2.58. The van der Waals surface area contributed by atoms with Crippen LogP contribution in [0.4, 0.5) is 4.79 Å². The highest BCUT2D eigenvalue weighted by atomic mass is 16.6. The van der Waals surface area contributed by atoms with Crippen LogP contribution in [0, 0.1) is 13.8 Å². The summed E-state index contributed by atoms with van der Waals surface area (Å²) in [6, 6.07) is 13.7. The summed E-state index contributed by atoms with van der Waals surface area (Å²) in [6.07, 6.45) is 2.24. The van der Waals surface area contributed by atoms with Crippen LogP contribution in [0.2, 0.25) is 0 Å². The molecule has 206 valence electrons. The SMILES string of the molecule is Cc1ccc(C)c(C(C(=O)NC(C)C)N(C(=O)C(Cc2ccccc2)NC(=O)OC(C)(C)C)C2CCC2)c1. The van der Waals surface area contributed by atoms with Gasteiger partial charge in [-0.1, -0.05) is 54.1 Å². The van der Waals surface area contributed by atoms with Crippen molar-refractivity contribution in [3.63, 3.8) is 0 Å². The van der Waals surface area contributed by atoms with Gasteiger partial charge < -0.3 is 20.3 Å². The highest BCUT2D eigenvalue weighted by Gasteiger charge is 2.42. The van der Waals surface area contributed by atoms with Crippen molar-refractivity contribution in [2.45, 2.75) is 104 Å². The van der Waals surface area contributed by atoms with Crippen LogP contribution < -0.4 is 10.6 Å². The first-order valence-corrected chi connectivity index (χ1v) is 13.6. The van der Waals surface area contributed by atoms with Crippen molar-refractivity contribution < 1.29 is 19.1 Å². The largest absolute Gasteiger partial charge is 0.444 e. The van der Waals surface area contributed by atoms with Gasteiger partial charge >= 0.3 is 6.09 Å². The Kier molecular flexibility index (Phi) is 9.58. The number of hydrogen-bond donors (Lipinski definition) is 2. The number of amides is 3. The number of ether oxygens (including phenoxy) is 1. The van der Waals surface area contributed by atoms with Crippen molar-refractivity contribution in [1.82, 2.24) is 15.5 Å². The maximum atomic E-state index is 14.5. The molecule has 2 unspecified atom stereocenters. The fourth-order valence-corrected chi connectivity index (χ4v) is 4.70. The first kappa shape index (κ1) is 29.2. The lowest BCUT2D eigenvalue weighted by molar-refractivity contribution is -0.147. The Bertz CT molecular complexity index is 1120. The van der Waals surface area contributed by atoms with Crippen molar-refractivity contribution in [3.8, 4) is 0 Å². The van der Waals surface area contributed by atoms with Crippen molar-refractivity contribution in [3.05, 3.63) is 70.8 Å². The summed E-state index contributed by atoms with van der Waals surface area (Å²) in [5.74, 6) is -0.501. The Balaban J connectivity index is 2.07. The molecule has 0 spiro atoms. The minimum Gasteiger partial charge on any atom is -0.444 e. The number of carbonyl (C=O) groups is 3. The number of rotatable bonds is 9. The second kappa shape index (κ2) is 12.5. The lowest BCUT2D eigenvalue weighted by Gasteiger charge is -2.44. The van der Waals surface area contributed by atoms with Crippen LogP contribution in [0.5, 0.6) is 0 Å². The van der Waals surface area contributed by atoms with Crippen LogP contribution in [0.25, 0.3) is 0 Å². The van der Waals surface area contributed by atoms with Crippen LogP contribution in [0.3, 0.4) is 0 Å². The molecular weight excluding hydrogens is 478 g/mol. The third-order valence-corrected chi connectivity index (χ3v) is 6.68. The standard InChI is InChI=1S/C31H43N3O4/c1-20(2)32-28(35)27(25-18-21(3)16-17-22(25)4)34(24-14-11-15-24)29(36)26(19-23-12-9-8-10-13-23)33-30(37)38-31(5,6)7/h8-10,12-13,16-18,20,24,26-27H,11,14-15,19H2,1-7H3,(H,32,35)(H,33,37). The lowest BCUT2D eigenvalue weighted by atomic mass is 9.86. The molecule has 2 N–H and O–H groups in total.